The highest BCUT2D eigenvalue weighted by molar-refractivity contribution is 5.70. The first-order valence-electron chi connectivity index (χ1n) is 5.54. The molecule has 1 aromatic carbocycles. The molecule has 18 heavy (non-hydrogen) atoms. The van der Waals surface area contributed by atoms with Gasteiger partial charge in [0, 0.05) is 25.1 Å². The normalized spacial score (nSPS) is 11.4. The van der Waals surface area contributed by atoms with E-state index in [2.05, 4.69) is 0 Å². The summed E-state index contributed by atoms with van der Waals surface area (Å²) in [6.45, 7) is 3.18. The molecule has 0 heterocycles. The number of anilines is 1. The number of nitrogens with zero attached hydrogens (tertiary/aromatic N) is 1. The largest absolute Gasteiger partial charge is 0.481 e. The molecule has 0 saturated carbocycles. The van der Waals surface area contributed by atoms with Gasteiger partial charge in [-0.1, -0.05) is 13.8 Å². The van der Waals surface area contributed by atoms with E-state index in [0.717, 1.165) is 12.1 Å². The van der Waals surface area contributed by atoms with E-state index in [1.807, 2.05) is 0 Å². The van der Waals surface area contributed by atoms with Crippen molar-refractivity contribution in [1.82, 2.24) is 0 Å². The molecule has 0 atom stereocenters. The average molecular weight is 257 g/mol. The number of benzene rings is 1. The molecule has 0 fully saturated rings. The Morgan fingerprint density at radius 2 is 1.78 bits per heavy atom. The molecule has 0 amide bonds. The lowest BCUT2D eigenvalue weighted by molar-refractivity contribution is -0.138. The van der Waals surface area contributed by atoms with Gasteiger partial charge in [-0.05, 0) is 12.1 Å². The van der Waals surface area contributed by atoms with Crippen LogP contribution in [0.5, 0.6) is 0 Å². The maximum atomic E-state index is 14.0. The lowest BCUT2D eigenvalue weighted by atomic mass is 9.80. The molecular formula is C13H17F2NO2. The maximum Gasteiger partial charge on any atom is 0.304 e. The molecule has 0 aliphatic rings. The number of rotatable bonds is 4. The quantitative estimate of drug-likeness (QED) is 0.901. The van der Waals surface area contributed by atoms with Gasteiger partial charge in [0.15, 0.2) is 0 Å². The molecule has 0 radical (unpaired) electrons. The molecule has 0 saturated heterocycles. The number of carboxylic acids is 1. The van der Waals surface area contributed by atoms with E-state index in [1.165, 1.54) is 4.90 Å². The maximum absolute atomic E-state index is 14.0. The summed E-state index contributed by atoms with van der Waals surface area (Å²) < 4.78 is 27.7. The van der Waals surface area contributed by atoms with Crippen LogP contribution in [0, 0.1) is 11.6 Å². The molecule has 1 N–H and O–H groups in total. The van der Waals surface area contributed by atoms with Gasteiger partial charge in [0.2, 0.25) is 0 Å². The van der Waals surface area contributed by atoms with E-state index >= 15 is 0 Å². The van der Waals surface area contributed by atoms with Crippen molar-refractivity contribution in [3.05, 3.63) is 29.3 Å². The summed E-state index contributed by atoms with van der Waals surface area (Å²) in [6, 6.07) is 2.08. The summed E-state index contributed by atoms with van der Waals surface area (Å²) >= 11 is 0. The fourth-order valence-corrected chi connectivity index (χ4v) is 2.09. The molecule has 0 aromatic heterocycles. The zero-order chi connectivity index (χ0) is 14.1. The van der Waals surface area contributed by atoms with Crippen molar-refractivity contribution in [2.24, 2.45) is 0 Å². The molecule has 0 aliphatic heterocycles. The topological polar surface area (TPSA) is 40.5 Å². The third kappa shape index (κ3) is 2.78. The number of hydrogen-bond acceptors (Lipinski definition) is 2. The van der Waals surface area contributed by atoms with Crippen molar-refractivity contribution in [2.45, 2.75) is 25.7 Å². The predicted octanol–water partition coefficient (Wildman–Crippen LogP) is 2.78. The van der Waals surface area contributed by atoms with Crippen LogP contribution in [0.25, 0.3) is 0 Å². The van der Waals surface area contributed by atoms with E-state index in [1.54, 1.807) is 27.9 Å². The van der Waals surface area contributed by atoms with E-state index in [4.69, 9.17) is 5.11 Å². The van der Waals surface area contributed by atoms with Crippen molar-refractivity contribution in [2.75, 3.05) is 19.0 Å². The van der Waals surface area contributed by atoms with Crippen LogP contribution in [0.2, 0.25) is 0 Å². The van der Waals surface area contributed by atoms with Crippen molar-refractivity contribution >= 4 is 11.7 Å². The van der Waals surface area contributed by atoms with Gasteiger partial charge in [-0.25, -0.2) is 8.78 Å². The van der Waals surface area contributed by atoms with Crippen molar-refractivity contribution in [3.63, 3.8) is 0 Å². The van der Waals surface area contributed by atoms with Gasteiger partial charge in [0.1, 0.15) is 11.6 Å². The number of halogens is 2. The number of hydrogen-bond donors (Lipinski definition) is 1. The predicted molar refractivity (Wildman–Crippen MR) is 66.0 cm³/mol. The van der Waals surface area contributed by atoms with E-state index in [-0.39, 0.29) is 17.7 Å². The molecule has 0 bridgehead atoms. The van der Waals surface area contributed by atoms with Gasteiger partial charge >= 0.3 is 5.97 Å². The highest BCUT2D eigenvalue weighted by Gasteiger charge is 2.32. The molecule has 5 heteroatoms. The fraction of sp³-hybridized carbons (Fsp3) is 0.462. The Morgan fingerprint density at radius 3 is 2.22 bits per heavy atom. The first-order valence-corrected chi connectivity index (χ1v) is 5.54. The van der Waals surface area contributed by atoms with Gasteiger partial charge in [-0.2, -0.15) is 0 Å². The molecule has 3 nitrogen and oxygen atoms in total. The average Bonchev–Trinajstić information content (AvgIpc) is 2.18. The number of carbonyl (C=O) groups is 1. The second-order valence-electron chi connectivity index (χ2n) is 5.10. The van der Waals surface area contributed by atoms with Gasteiger partial charge < -0.3 is 10.0 Å². The first kappa shape index (κ1) is 14.4. The van der Waals surface area contributed by atoms with Crippen LogP contribution in [0.15, 0.2) is 12.1 Å². The van der Waals surface area contributed by atoms with E-state index < -0.39 is 23.0 Å². The van der Waals surface area contributed by atoms with Crippen LogP contribution in [0.1, 0.15) is 25.8 Å². The summed E-state index contributed by atoms with van der Waals surface area (Å²) in [4.78, 5) is 12.3. The molecule has 1 aromatic rings. The van der Waals surface area contributed by atoms with Crippen LogP contribution < -0.4 is 4.90 Å². The molecule has 0 spiro atoms. The minimum absolute atomic E-state index is 0.0925. The Bertz CT molecular complexity index is 470. The van der Waals surface area contributed by atoms with Crippen molar-refractivity contribution in [3.8, 4) is 0 Å². The smallest absolute Gasteiger partial charge is 0.304 e. The van der Waals surface area contributed by atoms with Crippen LogP contribution in [-0.2, 0) is 10.2 Å². The fourth-order valence-electron chi connectivity index (χ4n) is 2.09. The lowest BCUT2D eigenvalue weighted by Crippen LogP contribution is -2.27. The minimum Gasteiger partial charge on any atom is -0.481 e. The van der Waals surface area contributed by atoms with Gasteiger partial charge in [0.25, 0.3) is 0 Å². The highest BCUT2D eigenvalue weighted by Crippen LogP contribution is 2.37. The first-order chi connectivity index (χ1) is 8.16. The number of carboxylic acid groups (broad SMARTS) is 1. The summed E-state index contributed by atoms with van der Waals surface area (Å²) in [6.07, 6.45) is -0.270. The third-order valence-electron chi connectivity index (χ3n) is 2.79. The van der Waals surface area contributed by atoms with Crippen LogP contribution in [0.4, 0.5) is 14.5 Å². The molecule has 0 aliphatic carbocycles. The summed E-state index contributed by atoms with van der Waals surface area (Å²) in [5.41, 5.74) is -0.798. The summed E-state index contributed by atoms with van der Waals surface area (Å²) in [5.74, 6) is -2.20. The van der Waals surface area contributed by atoms with Crippen LogP contribution in [0.3, 0.4) is 0 Å². The Labute approximate surface area is 105 Å². The van der Waals surface area contributed by atoms with Gasteiger partial charge in [0.05, 0.1) is 12.1 Å². The molecular weight excluding hydrogens is 240 g/mol. The van der Waals surface area contributed by atoms with E-state index in [9.17, 15) is 13.6 Å². The zero-order valence-electron chi connectivity index (χ0n) is 10.9. The monoisotopic (exact) mass is 257 g/mol. The molecule has 1 rings (SSSR count). The third-order valence-corrected chi connectivity index (χ3v) is 2.79. The van der Waals surface area contributed by atoms with Crippen LogP contribution >= 0.6 is 0 Å². The standard InChI is InChI=1S/C13H17F2NO2/c1-13(2,7-10(17)18)11-8(14)5-6-9(15)12(11)16(3)4/h5-6H,7H2,1-4H3,(H,17,18). The number of aliphatic carboxylic acids is 1. The minimum atomic E-state index is -1.05. The summed E-state index contributed by atoms with van der Waals surface area (Å²) in [5, 5.41) is 8.87. The SMILES string of the molecule is CN(C)c1c(F)ccc(F)c1C(C)(C)CC(=O)O. The Morgan fingerprint density at radius 1 is 1.28 bits per heavy atom. The second kappa shape index (κ2) is 4.92. The lowest BCUT2D eigenvalue weighted by Gasteiger charge is -2.29. The van der Waals surface area contributed by atoms with Gasteiger partial charge in [-0.15, -0.1) is 0 Å². The Hall–Kier alpha value is -1.65. The van der Waals surface area contributed by atoms with Crippen molar-refractivity contribution in [1.29, 1.82) is 0 Å². The van der Waals surface area contributed by atoms with Gasteiger partial charge in [-0.3, -0.25) is 4.79 Å². The van der Waals surface area contributed by atoms with Crippen LogP contribution in [-0.4, -0.2) is 25.2 Å². The molecule has 0 unspecified atom stereocenters. The Kier molecular flexibility index (Phi) is 3.94. The zero-order valence-corrected chi connectivity index (χ0v) is 10.9. The van der Waals surface area contributed by atoms with E-state index in [0.29, 0.717) is 0 Å². The summed E-state index contributed by atoms with van der Waals surface area (Å²) in [7, 11) is 3.19. The second-order valence-corrected chi connectivity index (χ2v) is 5.10. The molecule has 100 valence electrons. The Balaban J connectivity index is 3.47. The highest BCUT2D eigenvalue weighted by atomic mass is 19.1. The van der Waals surface area contributed by atoms with Crippen molar-refractivity contribution < 1.29 is 18.7 Å².